The van der Waals surface area contributed by atoms with E-state index in [4.69, 9.17) is 10.5 Å². The number of aliphatic hydroxyl groups excluding tert-OH is 3. The third-order valence-corrected chi connectivity index (χ3v) is 10.8. The van der Waals surface area contributed by atoms with Gasteiger partial charge in [-0.05, 0) is 98.8 Å². The number of rotatable bonds is 13. The van der Waals surface area contributed by atoms with Crippen LogP contribution in [0.2, 0.25) is 0 Å². The minimum Gasteiger partial charge on any atom is -0.504 e. The van der Waals surface area contributed by atoms with Crippen molar-refractivity contribution in [2.45, 2.75) is 114 Å². The molecule has 5 rings (SSSR count). The van der Waals surface area contributed by atoms with E-state index in [9.17, 15) is 20.4 Å². The molecule has 8 heteroatoms. The largest absolute Gasteiger partial charge is 0.504 e. The second-order valence-electron chi connectivity index (χ2n) is 13.9. The van der Waals surface area contributed by atoms with E-state index in [1.54, 1.807) is 6.07 Å². The molecule has 47 heavy (non-hydrogen) atoms. The first-order valence-corrected chi connectivity index (χ1v) is 17.8. The first-order chi connectivity index (χ1) is 22.8. The van der Waals surface area contributed by atoms with Crippen LogP contribution in [-0.4, -0.2) is 56.9 Å². The van der Waals surface area contributed by atoms with E-state index in [2.05, 4.69) is 41.2 Å². The predicted molar refractivity (Wildman–Crippen MR) is 185 cm³/mol. The van der Waals surface area contributed by atoms with Crippen LogP contribution in [0.15, 0.2) is 60.1 Å². The van der Waals surface area contributed by atoms with Crippen LogP contribution >= 0.6 is 0 Å². The molecule has 1 aliphatic heterocycles. The molecule has 1 fully saturated rings. The number of aryl methyl sites for hydroxylation is 1. The normalized spacial score (nSPS) is 24.9. The van der Waals surface area contributed by atoms with Crippen LogP contribution in [0.3, 0.4) is 0 Å². The quantitative estimate of drug-likeness (QED) is 0.141. The number of aromatic amines is 1. The summed E-state index contributed by atoms with van der Waals surface area (Å²) in [6.45, 7) is 2.61. The lowest BCUT2D eigenvalue weighted by Gasteiger charge is -2.40. The van der Waals surface area contributed by atoms with Crippen molar-refractivity contribution >= 4 is 0 Å². The first kappa shape index (κ1) is 34.9. The van der Waals surface area contributed by atoms with Crippen LogP contribution in [0.1, 0.15) is 95.2 Å². The maximum absolute atomic E-state index is 11.2. The smallest absolute Gasteiger partial charge is 0.161 e. The number of ether oxygens (including phenoxy) is 1. The van der Waals surface area contributed by atoms with E-state index in [1.807, 2.05) is 30.5 Å². The lowest BCUT2D eigenvalue weighted by atomic mass is 9.66. The standard InChI is InChI=1S/C39H55N3O5/c1-2-27-9-3-4-12-33(44)31(11-7-10-27)34(45)16-14-28-15-17-35(46)36(23-28)47-30(26-43)25-32(29-18-22-42-38(40)24-29)39(19-5-6-20-39)37-13-8-21-41-37/h8,13,15,17-18,21,23-24,27,30-34,41-46H,2-6,9,11-12,14,16,19-20,22,25-26,40H2,1H3. The fraction of sp³-hybridized carbons (Fsp3) is 0.590. The van der Waals surface area contributed by atoms with Gasteiger partial charge in [0, 0.05) is 42.1 Å². The van der Waals surface area contributed by atoms with Gasteiger partial charge in [0.25, 0.3) is 0 Å². The van der Waals surface area contributed by atoms with Crippen molar-refractivity contribution in [1.29, 1.82) is 0 Å². The molecule has 0 radical (unpaired) electrons. The summed E-state index contributed by atoms with van der Waals surface area (Å²) in [4.78, 5) is 3.49. The Morgan fingerprint density at radius 3 is 2.66 bits per heavy atom. The van der Waals surface area contributed by atoms with Crippen LogP contribution in [0, 0.1) is 29.6 Å². The molecule has 6 atom stereocenters. The Balaban J connectivity index is 1.30. The number of aliphatic hydroxyl groups is 3. The van der Waals surface area contributed by atoms with Gasteiger partial charge in [-0.25, -0.2) is 0 Å². The van der Waals surface area contributed by atoms with E-state index in [0.717, 1.165) is 62.5 Å². The van der Waals surface area contributed by atoms with Crippen LogP contribution < -0.4 is 15.8 Å². The first-order valence-electron chi connectivity index (χ1n) is 17.8. The number of hydrogen-bond acceptors (Lipinski definition) is 7. The third-order valence-electron chi connectivity index (χ3n) is 10.8. The molecule has 3 aliphatic rings. The average Bonchev–Trinajstić information content (AvgIpc) is 3.80. The molecule has 0 spiro atoms. The molecule has 0 bridgehead atoms. The molecule has 1 aromatic heterocycles. The molecule has 2 aliphatic carbocycles. The van der Waals surface area contributed by atoms with E-state index in [-0.39, 0.29) is 29.6 Å². The zero-order valence-electron chi connectivity index (χ0n) is 28.0. The summed E-state index contributed by atoms with van der Waals surface area (Å²) in [6, 6.07) is 9.48. The molecular formula is C39H55N3O5. The van der Waals surface area contributed by atoms with Gasteiger partial charge in [-0.2, -0.15) is 0 Å². The summed E-state index contributed by atoms with van der Waals surface area (Å²) in [5, 5.41) is 46.7. The fourth-order valence-corrected chi connectivity index (χ4v) is 8.08. The molecule has 2 aromatic rings. The van der Waals surface area contributed by atoms with Gasteiger partial charge < -0.3 is 41.2 Å². The lowest BCUT2D eigenvalue weighted by molar-refractivity contribution is 0.00559. The number of benzene rings is 1. The molecule has 2 heterocycles. The molecule has 1 saturated carbocycles. The van der Waals surface area contributed by atoms with Gasteiger partial charge in [-0.3, -0.25) is 0 Å². The summed E-state index contributed by atoms with van der Waals surface area (Å²) < 4.78 is 6.40. The highest BCUT2D eigenvalue weighted by molar-refractivity contribution is 5.42. The van der Waals surface area contributed by atoms with Crippen LogP contribution in [-0.2, 0) is 11.8 Å². The van der Waals surface area contributed by atoms with Crippen molar-refractivity contribution in [3.05, 3.63) is 71.3 Å². The van der Waals surface area contributed by atoms with Crippen LogP contribution in [0.5, 0.6) is 11.5 Å². The summed E-state index contributed by atoms with van der Waals surface area (Å²) in [7, 11) is 0. The molecule has 0 amide bonds. The van der Waals surface area contributed by atoms with Gasteiger partial charge in [0.15, 0.2) is 11.5 Å². The van der Waals surface area contributed by atoms with Gasteiger partial charge >= 0.3 is 0 Å². The van der Waals surface area contributed by atoms with E-state index < -0.39 is 18.3 Å². The van der Waals surface area contributed by atoms with Crippen molar-refractivity contribution in [1.82, 2.24) is 10.3 Å². The van der Waals surface area contributed by atoms with Crippen molar-refractivity contribution in [3.8, 4) is 23.3 Å². The second kappa shape index (κ2) is 16.6. The van der Waals surface area contributed by atoms with Gasteiger partial charge in [0.2, 0.25) is 0 Å². The topological polar surface area (TPSA) is 144 Å². The summed E-state index contributed by atoms with van der Waals surface area (Å²) in [5.41, 5.74) is 9.35. The predicted octanol–water partition coefficient (Wildman–Crippen LogP) is 5.57. The van der Waals surface area contributed by atoms with E-state index in [1.165, 1.54) is 5.69 Å². The van der Waals surface area contributed by atoms with Crippen molar-refractivity contribution in [2.24, 2.45) is 23.5 Å². The number of phenols is 1. The monoisotopic (exact) mass is 645 g/mol. The fourth-order valence-electron chi connectivity index (χ4n) is 8.08. The second-order valence-corrected chi connectivity index (χ2v) is 13.9. The van der Waals surface area contributed by atoms with Gasteiger partial charge in [0.05, 0.1) is 24.6 Å². The minimum atomic E-state index is -0.697. The van der Waals surface area contributed by atoms with Gasteiger partial charge in [0.1, 0.15) is 6.10 Å². The maximum Gasteiger partial charge on any atom is 0.161 e. The minimum absolute atomic E-state index is 0.0120. The Morgan fingerprint density at radius 1 is 1.13 bits per heavy atom. The van der Waals surface area contributed by atoms with Gasteiger partial charge in [-0.15, -0.1) is 5.92 Å². The van der Waals surface area contributed by atoms with Crippen molar-refractivity contribution in [2.75, 3.05) is 13.2 Å². The zero-order valence-corrected chi connectivity index (χ0v) is 28.0. The zero-order chi connectivity index (χ0) is 33.2. The number of nitrogens with one attached hydrogen (secondary N) is 2. The number of dihydropyridines is 1. The Bertz CT molecular complexity index is 1400. The summed E-state index contributed by atoms with van der Waals surface area (Å²) >= 11 is 0. The average molecular weight is 646 g/mol. The third kappa shape index (κ3) is 8.76. The number of allylic oxidation sites excluding steroid dienone is 2. The molecule has 1 aromatic carbocycles. The number of hydrogen-bond donors (Lipinski definition) is 7. The molecule has 256 valence electrons. The maximum atomic E-state index is 11.2. The Labute approximate surface area is 280 Å². The Kier molecular flexibility index (Phi) is 12.4. The Morgan fingerprint density at radius 2 is 1.94 bits per heavy atom. The van der Waals surface area contributed by atoms with Crippen molar-refractivity contribution in [3.63, 3.8) is 0 Å². The highest BCUT2D eigenvalue weighted by Gasteiger charge is 2.46. The molecule has 8 N–H and O–H groups in total. The highest BCUT2D eigenvalue weighted by Crippen LogP contribution is 2.51. The number of phenolic OH excluding ortho intramolecular Hbond substituents is 1. The highest BCUT2D eigenvalue weighted by atomic mass is 16.5. The molecule has 0 saturated heterocycles. The molecule has 8 nitrogen and oxygen atoms in total. The van der Waals surface area contributed by atoms with Crippen LogP contribution in [0.4, 0.5) is 0 Å². The number of nitrogens with two attached hydrogens (primary N) is 1. The number of aromatic hydroxyl groups is 1. The van der Waals surface area contributed by atoms with Gasteiger partial charge in [-0.1, -0.05) is 50.7 Å². The molecular weight excluding hydrogens is 590 g/mol. The number of aromatic nitrogens is 1. The molecule has 6 unspecified atom stereocenters. The SMILES string of the molecule is CCC1C#CCC(C(O)CCc2ccc(O)c(OC(CO)CC(C3=CCNC(N)=C3)C3(c4ccc[nH]4)CCCC3)c2)C(O)CCCC1. The lowest BCUT2D eigenvalue weighted by Crippen LogP contribution is -2.39. The van der Waals surface area contributed by atoms with E-state index in [0.29, 0.717) is 56.1 Å². The Hall–Kier alpha value is -3.38. The van der Waals surface area contributed by atoms with Crippen LogP contribution in [0.25, 0.3) is 0 Å². The van der Waals surface area contributed by atoms with Crippen molar-refractivity contribution < 1.29 is 25.2 Å². The number of H-pyrrole nitrogens is 1. The summed E-state index contributed by atoms with van der Waals surface area (Å²) in [6.07, 6.45) is 15.5. The summed E-state index contributed by atoms with van der Waals surface area (Å²) in [5.74, 6) is 7.74. The van der Waals surface area contributed by atoms with E-state index >= 15 is 0 Å².